The number of carbonyl (C=O) groups excluding carboxylic acids is 1. The lowest BCUT2D eigenvalue weighted by molar-refractivity contribution is -0.149. The Labute approximate surface area is 118 Å². The highest BCUT2D eigenvalue weighted by Gasteiger charge is 2.78. The van der Waals surface area contributed by atoms with E-state index in [0.717, 1.165) is 18.5 Å². The molecule has 1 N–H and O–H groups in total. The molecule has 0 radical (unpaired) electrons. The molecule has 2 saturated carbocycles. The zero-order valence-electron chi connectivity index (χ0n) is 12.0. The van der Waals surface area contributed by atoms with Crippen LogP contribution in [0.2, 0.25) is 0 Å². The summed E-state index contributed by atoms with van der Waals surface area (Å²) in [5.74, 6) is 0.639. The average molecular weight is 272 g/mol. The number of amides is 1. The Morgan fingerprint density at radius 2 is 2.35 bits per heavy atom. The number of carbonyl (C=O) groups is 1. The van der Waals surface area contributed by atoms with Crippen LogP contribution in [-0.2, 0) is 9.53 Å². The van der Waals surface area contributed by atoms with Crippen LogP contribution in [0.15, 0.2) is 24.5 Å². The van der Waals surface area contributed by atoms with Crippen molar-refractivity contribution in [3.63, 3.8) is 0 Å². The Kier molecular flexibility index (Phi) is 2.23. The monoisotopic (exact) mass is 272 g/mol. The van der Waals surface area contributed by atoms with E-state index >= 15 is 0 Å². The summed E-state index contributed by atoms with van der Waals surface area (Å²) in [6, 6.07) is 3.70. The molecule has 1 aliphatic heterocycles. The number of aromatic nitrogens is 1. The van der Waals surface area contributed by atoms with E-state index in [-0.39, 0.29) is 16.7 Å². The molecule has 106 valence electrons. The molecule has 0 aromatic carbocycles. The van der Waals surface area contributed by atoms with Crippen molar-refractivity contribution in [2.75, 3.05) is 11.9 Å². The van der Waals surface area contributed by atoms with Gasteiger partial charge >= 0.3 is 0 Å². The summed E-state index contributed by atoms with van der Waals surface area (Å²) in [5.41, 5.74) is 0.243. The molecule has 0 unspecified atom stereocenters. The Balaban J connectivity index is 1.68. The van der Waals surface area contributed by atoms with Crippen LogP contribution in [0, 0.1) is 16.7 Å². The molecule has 4 heteroatoms. The predicted molar refractivity (Wildman–Crippen MR) is 75.1 cm³/mol. The summed E-state index contributed by atoms with van der Waals surface area (Å²) in [6.07, 6.45) is 6.58. The van der Waals surface area contributed by atoms with Gasteiger partial charge in [-0.25, -0.2) is 0 Å². The Hall–Kier alpha value is -1.42. The van der Waals surface area contributed by atoms with Gasteiger partial charge in [0.05, 0.1) is 18.5 Å². The van der Waals surface area contributed by atoms with Gasteiger partial charge in [0.1, 0.15) is 0 Å². The van der Waals surface area contributed by atoms with Gasteiger partial charge in [0.15, 0.2) is 5.60 Å². The van der Waals surface area contributed by atoms with E-state index in [9.17, 15) is 4.79 Å². The van der Waals surface area contributed by atoms with Gasteiger partial charge in [0, 0.05) is 17.0 Å². The predicted octanol–water partition coefficient (Wildman–Crippen LogP) is 2.62. The summed E-state index contributed by atoms with van der Waals surface area (Å²) in [5, 5.41) is 3.00. The first kappa shape index (κ1) is 12.3. The molecular weight excluding hydrogens is 252 g/mol. The van der Waals surface area contributed by atoms with Crippen LogP contribution in [0.1, 0.15) is 33.1 Å². The molecule has 0 spiro atoms. The second kappa shape index (κ2) is 3.61. The van der Waals surface area contributed by atoms with Crippen molar-refractivity contribution in [1.29, 1.82) is 0 Å². The van der Waals surface area contributed by atoms with Gasteiger partial charge in [-0.2, -0.15) is 0 Å². The zero-order chi connectivity index (χ0) is 14.0. The van der Waals surface area contributed by atoms with E-state index in [1.165, 1.54) is 6.42 Å². The molecule has 3 aliphatic rings. The lowest BCUT2D eigenvalue weighted by Crippen LogP contribution is -2.52. The van der Waals surface area contributed by atoms with Crippen molar-refractivity contribution in [3.05, 3.63) is 24.5 Å². The maximum absolute atomic E-state index is 12.9. The number of ether oxygens (including phenoxy) is 1. The van der Waals surface area contributed by atoms with Crippen LogP contribution in [0.5, 0.6) is 0 Å². The molecule has 2 aliphatic carbocycles. The highest BCUT2D eigenvalue weighted by atomic mass is 16.5. The van der Waals surface area contributed by atoms with E-state index in [0.29, 0.717) is 12.5 Å². The number of hydrogen-bond acceptors (Lipinski definition) is 3. The number of anilines is 1. The van der Waals surface area contributed by atoms with Gasteiger partial charge in [-0.05, 0) is 37.3 Å². The molecule has 20 heavy (non-hydrogen) atoms. The zero-order valence-corrected chi connectivity index (χ0v) is 12.0. The van der Waals surface area contributed by atoms with Gasteiger partial charge in [0.25, 0.3) is 5.91 Å². The number of nitrogens with one attached hydrogen (secondary N) is 1. The molecular formula is C16H20N2O2. The highest BCUT2D eigenvalue weighted by molar-refractivity contribution is 5.99. The van der Waals surface area contributed by atoms with Crippen molar-refractivity contribution < 1.29 is 9.53 Å². The maximum Gasteiger partial charge on any atom is 0.257 e. The van der Waals surface area contributed by atoms with Gasteiger partial charge in [-0.1, -0.05) is 13.8 Å². The summed E-state index contributed by atoms with van der Waals surface area (Å²) >= 11 is 0. The normalized spacial score (nSPS) is 44.8. The third-order valence-electron chi connectivity index (χ3n) is 6.48. The van der Waals surface area contributed by atoms with Gasteiger partial charge in [-0.3, -0.25) is 9.78 Å². The Bertz CT molecular complexity index is 575. The third-order valence-corrected chi connectivity index (χ3v) is 6.48. The second-order valence-corrected chi connectivity index (χ2v) is 7.00. The maximum atomic E-state index is 12.9. The quantitative estimate of drug-likeness (QED) is 0.900. The van der Waals surface area contributed by atoms with E-state index < -0.39 is 5.60 Å². The minimum absolute atomic E-state index is 0.0129. The van der Waals surface area contributed by atoms with Crippen LogP contribution in [0.3, 0.4) is 0 Å². The lowest BCUT2D eigenvalue weighted by atomic mass is 9.66. The molecule has 4 rings (SSSR count). The molecule has 1 aromatic heterocycles. The topological polar surface area (TPSA) is 51.2 Å². The van der Waals surface area contributed by atoms with Crippen LogP contribution >= 0.6 is 0 Å². The summed E-state index contributed by atoms with van der Waals surface area (Å²) in [6.45, 7) is 5.27. The first-order chi connectivity index (χ1) is 9.52. The SMILES string of the molecule is C[C@]12CC[C@@H]3C[C@]1(C(=O)Nc1cccnc1)OC[C@@]32C. The van der Waals surface area contributed by atoms with Crippen LogP contribution in [0.4, 0.5) is 5.69 Å². The molecule has 3 fully saturated rings. The Morgan fingerprint density at radius 3 is 3.00 bits per heavy atom. The number of hydrogen-bond donors (Lipinski definition) is 1. The van der Waals surface area contributed by atoms with Crippen LogP contribution in [0.25, 0.3) is 0 Å². The second-order valence-electron chi connectivity index (χ2n) is 7.00. The largest absolute Gasteiger partial charge is 0.364 e. The molecule has 1 saturated heterocycles. The fourth-order valence-electron chi connectivity index (χ4n) is 4.93. The van der Waals surface area contributed by atoms with Crippen LogP contribution in [-0.4, -0.2) is 23.1 Å². The first-order valence-corrected chi connectivity index (χ1v) is 7.37. The fourth-order valence-corrected chi connectivity index (χ4v) is 4.93. The van der Waals surface area contributed by atoms with Crippen molar-refractivity contribution in [2.45, 2.75) is 38.7 Å². The van der Waals surface area contributed by atoms with E-state index in [1.807, 2.05) is 12.1 Å². The molecule has 4 nitrogen and oxygen atoms in total. The van der Waals surface area contributed by atoms with Gasteiger partial charge < -0.3 is 10.1 Å². The van der Waals surface area contributed by atoms with E-state index in [4.69, 9.17) is 4.74 Å². The van der Waals surface area contributed by atoms with Gasteiger partial charge in [-0.15, -0.1) is 0 Å². The third kappa shape index (κ3) is 1.17. The summed E-state index contributed by atoms with van der Waals surface area (Å²) < 4.78 is 6.08. The molecule has 4 bridgehead atoms. The lowest BCUT2D eigenvalue weighted by Gasteiger charge is -2.39. The number of pyridine rings is 1. The van der Waals surface area contributed by atoms with Gasteiger partial charge in [0.2, 0.25) is 0 Å². The van der Waals surface area contributed by atoms with Crippen molar-refractivity contribution >= 4 is 11.6 Å². The van der Waals surface area contributed by atoms with E-state index in [2.05, 4.69) is 24.1 Å². The highest BCUT2D eigenvalue weighted by Crippen LogP contribution is 2.75. The Morgan fingerprint density at radius 1 is 1.50 bits per heavy atom. The average Bonchev–Trinajstić information content (AvgIpc) is 2.92. The standard InChI is InChI=1S/C16H20N2O2/c1-14-10-20-16(8-11(14)5-6-15(14,16)2)13(19)18-12-4-3-7-17-9-12/h3-4,7,9,11H,5-6,8,10H2,1-2H3,(H,18,19)/t11-,14+,15-,16-/m1/s1. The molecule has 2 heterocycles. The van der Waals surface area contributed by atoms with E-state index in [1.54, 1.807) is 12.4 Å². The molecule has 1 aromatic rings. The van der Waals surface area contributed by atoms with Crippen molar-refractivity contribution in [2.24, 2.45) is 16.7 Å². The molecule has 1 amide bonds. The summed E-state index contributed by atoms with van der Waals surface area (Å²) in [4.78, 5) is 16.9. The minimum atomic E-state index is -0.638. The summed E-state index contributed by atoms with van der Waals surface area (Å²) in [7, 11) is 0. The van der Waals surface area contributed by atoms with Crippen molar-refractivity contribution in [3.8, 4) is 0 Å². The molecule has 4 atom stereocenters. The van der Waals surface area contributed by atoms with Crippen molar-refractivity contribution in [1.82, 2.24) is 4.98 Å². The van der Waals surface area contributed by atoms with Crippen LogP contribution < -0.4 is 5.32 Å². The number of nitrogens with zero attached hydrogens (tertiary/aromatic N) is 1. The minimum Gasteiger partial charge on any atom is -0.364 e. The first-order valence-electron chi connectivity index (χ1n) is 7.37. The number of rotatable bonds is 2. The fraction of sp³-hybridized carbons (Fsp3) is 0.625. The smallest absolute Gasteiger partial charge is 0.257 e.